The number of aryl methyl sites for hydroxylation is 1. The van der Waals surface area contributed by atoms with Crippen LogP contribution in [0.1, 0.15) is 5.56 Å². The van der Waals surface area contributed by atoms with Crippen molar-refractivity contribution in [3.05, 3.63) is 63.2 Å². The first-order valence-electron chi connectivity index (χ1n) is 7.48. The van der Waals surface area contributed by atoms with E-state index in [0.717, 1.165) is 11.3 Å². The molecule has 8 heteroatoms. The molecule has 0 aliphatic heterocycles. The summed E-state index contributed by atoms with van der Waals surface area (Å²) >= 11 is 5.72. The summed E-state index contributed by atoms with van der Waals surface area (Å²) in [6.45, 7) is 2.21. The lowest BCUT2D eigenvalue weighted by atomic mass is 10.2. The van der Waals surface area contributed by atoms with Crippen LogP contribution in [0.2, 0.25) is 5.02 Å². The summed E-state index contributed by atoms with van der Waals surface area (Å²) in [5.41, 5.74) is 0.794. The molecule has 0 atom stereocenters. The van der Waals surface area contributed by atoms with Gasteiger partial charge in [0, 0.05) is 11.1 Å². The number of benzene rings is 2. The number of carbonyl (C=O) groups is 1. The monoisotopic (exact) mass is 364 g/mol. The Hall–Kier alpha value is -2.80. The van der Waals surface area contributed by atoms with Gasteiger partial charge in [-0.3, -0.25) is 14.9 Å². The highest BCUT2D eigenvalue weighted by Gasteiger charge is 2.16. The van der Waals surface area contributed by atoms with Crippen LogP contribution in [0.5, 0.6) is 11.5 Å². The van der Waals surface area contributed by atoms with E-state index in [4.69, 9.17) is 21.1 Å². The predicted molar refractivity (Wildman–Crippen MR) is 93.3 cm³/mol. The van der Waals surface area contributed by atoms with Crippen molar-refractivity contribution < 1.29 is 19.2 Å². The maximum absolute atomic E-state index is 11.7. The van der Waals surface area contributed by atoms with Crippen molar-refractivity contribution in [1.82, 2.24) is 5.32 Å². The topological polar surface area (TPSA) is 90.7 Å². The van der Waals surface area contributed by atoms with Crippen molar-refractivity contribution in [3.63, 3.8) is 0 Å². The molecule has 0 bridgehead atoms. The van der Waals surface area contributed by atoms with Gasteiger partial charge >= 0.3 is 5.69 Å². The molecule has 0 fully saturated rings. The van der Waals surface area contributed by atoms with Crippen LogP contribution in [0.3, 0.4) is 0 Å². The van der Waals surface area contributed by atoms with Crippen LogP contribution in [-0.4, -0.2) is 30.6 Å². The molecule has 2 aromatic rings. The van der Waals surface area contributed by atoms with Crippen LogP contribution < -0.4 is 14.8 Å². The number of nitrogens with one attached hydrogen (secondary N) is 1. The van der Waals surface area contributed by atoms with Gasteiger partial charge in [-0.1, -0.05) is 23.7 Å². The van der Waals surface area contributed by atoms with Crippen LogP contribution in [0.15, 0.2) is 42.5 Å². The summed E-state index contributed by atoms with van der Waals surface area (Å²) in [5, 5.41) is 13.8. The average Bonchev–Trinajstić information content (AvgIpc) is 2.57. The fraction of sp³-hybridized carbons (Fsp3) is 0.235. The summed E-state index contributed by atoms with van der Waals surface area (Å²) < 4.78 is 10.7. The van der Waals surface area contributed by atoms with Crippen molar-refractivity contribution in [3.8, 4) is 11.5 Å². The number of hydrogen-bond acceptors (Lipinski definition) is 5. The fourth-order valence-electron chi connectivity index (χ4n) is 2.01. The van der Waals surface area contributed by atoms with E-state index in [1.807, 2.05) is 31.2 Å². The van der Waals surface area contributed by atoms with Gasteiger partial charge in [0.05, 0.1) is 11.5 Å². The molecule has 25 heavy (non-hydrogen) atoms. The van der Waals surface area contributed by atoms with E-state index >= 15 is 0 Å². The van der Waals surface area contributed by atoms with Crippen LogP contribution in [0.4, 0.5) is 5.69 Å². The second-order valence-corrected chi connectivity index (χ2v) is 5.61. The maximum atomic E-state index is 11.7. The fourth-order valence-corrected chi connectivity index (χ4v) is 2.18. The molecule has 7 nitrogen and oxygen atoms in total. The van der Waals surface area contributed by atoms with Gasteiger partial charge in [-0.15, -0.1) is 0 Å². The molecule has 0 spiro atoms. The quantitative estimate of drug-likeness (QED) is 0.441. The molecule has 1 N–H and O–H groups in total. The Balaban J connectivity index is 1.75. The number of ether oxygens (including phenoxy) is 2. The second kappa shape index (κ2) is 8.89. The molecular formula is C17H17ClN2O5. The van der Waals surface area contributed by atoms with Gasteiger partial charge in [-0.2, -0.15) is 0 Å². The molecule has 0 saturated heterocycles. The number of hydrogen-bond donors (Lipinski definition) is 1. The minimum Gasteiger partial charge on any atom is -0.492 e. The van der Waals surface area contributed by atoms with Crippen LogP contribution >= 0.6 is 11.6 Å². The third-order valence-corrected chi connectivity index (χ3v) is 3.39. The van der Waals surface area contributed by atoms with Gasteiger partial charge < -0.3 is 14.8 Å². The Labute approximate surface area is 149 Å². The first kappa shape index (κ1) is 18.5. The van der Waals surface area contributed by atoms with E-state index in [9.17, 15) is 14.9 Å². The number of nitro benzene ring substituents is 1. The number of nitrogens with zero attached hydrogens (tertiary/aromatic N) is 1. The number of nitro groups is 1. The van der Waals surface area contributed by atoms with E-state index in [0.29, 0.717) is 13.2 Å². The number of carbonyl (C=O) groups excluding carboxylic acids is 1. The minimum absolute atomic E-state index is 0.0134. The van der Waals surface area contributed by atoms with Crippen molar-refractivity contribution in [2.24, 2.45) is 0 Å². The van der Waals surface area contributed by atoms with Crippen LogP contribution in [0, 0.1) is 17.0 Å². The molecule has 0 radical (unpaired) electrons. The molecule has 0 unspecified atom stereocenters. The minimum atomic E-state index is -0.616. The zero-order valence-electron chi connectivity index (χ0n) is 13.5. The zero-order chi connectivity index (χ0) is 18.2. The van der Waals surface area contributed by atoms with Crippen molar-refractivity contribution in [2.45, 2.75) is 6.92 Å². The molecule has 1 amide bonds. The van der Waals surface area contributed by atoms with Crippen LogP contribution in [0.25, 0.3) is 0 Å². The summed E-state index contributed by atoms with van der Waals surface area (Å²) in [6, 6.07) is 11.6. The highest BCUT2D eigenvalue weighted by atomic mass is 35.5. The maximum Gasteiger partial charge on any atom is 0.312 e. The highest BCUT2D eigenvalue weighted by molar-refractivity contribution is 6.30. The molecule has 0 aliphatic carbocycles. The lowest BCUT2D eigenvalue weighted by molar-refractivity contribution is -0.385. The SMILES string of the molecule is Cc1cccc(OCCNC(=O)COc2ccc(Cl)cc2[N+](=O)[O-])c1. The Morgan fingerprint density at radius 1 is 1.24 bits per heavy atom. The second-order valence-electron chi connectivity index (χ2n) is 5.17. The Morgan fingerprint density at radius 2 is 2.04 bits per heavy atom. The largest absolute Gasteiger partial charge is 0.492 e. The smallest absolute Gasteiger partial charge is 0.312 e. The first-order valence-corrected chi connectivity index (χ1v) is 7.86. The standard InChI is InChI=1S/C17H17ClN2O5/c1-12-3-2-4-14(9-12)24-8-7-19-17(21)11-25-16-6-5-13(18)10-15(16)20(22)23/h2-6,9-10H,7-8,11H2,1H3,(H,19,21). The Morgan fingerprint density at radius 3 is 2.76 bits per heavy atom. The summed E-state index contributed by atoms with van der Waals surface area (Å²) in [7, 11) is 0. The van der Waals surface area contributed by atoms with Gasteiger partial charge in [-0.25, -0.2) is 0 Å². The van der Waals surface area contributed by atoms with E-state index in [2.05, 4.69) is 5.32 Å². The van der Waals surface area contributed by atoms with Crippen molar-refractivity contribution in [1.29, 1.82) is 0 Å². The molecule has 2 aromatic carbocycles. The van der Waals surface area contributed by atoms with Crippen molar-refractivity contribution >= 4 is 23.2 Å². The molecule has 0 aromatic heterocycles. The Kier molecular flexibility index (Phi) is 6.59. The number of halogens is 1. The summed E-state index contributed by atoms with van der Waals surface area (Å²) in [5.74, 6) is 0.305. The van der Waals surface area contributed by atoms with Crippen LogP contribution in [-0.2, 0) is 4.79 Å². The molecular weight excluding hydrogens is 348 g/mol. The summed E-state index contributed by atoms with van der Waals surface area (Å²) in [6.07, 6.45) is 0. The zero-order valence-corrected chi connectivity index (χ0v) is 14.3. The van der Waals surface area contributed by atoms with Crippen molar-refractivity contribution in [2.75, 3.05) is 19.8 Å². The lowest BCUT2D eigenvalue weighted by Gasteiger charge is -2.09. The lowest BCUT2D eigenvalue weighted by Crippen LogP contribution is -2.32. The average molecular weight is 365 g/mol. The third-order valence-electron chi connectivity index (χ3n) is 3.16. The van der Waals surface area contributed by atoms with E-state index in [1.54, 1.807) is 0 Å². The molecule has 0 saturated carbocycles. The first-order chi connectivity index (χ1) is 12.0. The van der Waals surface area contributed by atoms with Gasteiger partial charge in [0.25, 0.3) is 5.91 Å². The molecule has 132 valence electrons. The van der Waals surface area contributed by atoms with E-state index in [1.165, 1.54) is 18.2 Å². The predicted octanol–water partition coefficient (Wildman–Crippen LogP) is 3.13. The number of rotatable bonds is 8. The Bertz CT molecular complexity index is 766. The molecule has 0 heterocycles. The third kappa shape index (κ3) is 5.96. The molecule has 0 aliphatic rings. The normalized spacial score (nSPS) is 10.2. The molecule has 2 rings (SSSR count). The van der Waals surface area contributed by atoms with E-state index < -0.39 is 10.8 Å². The van der Waals surface area contributed by atoms with Gasteiger partial charge in [0.2, 0.25) is 0 Å². The van der Waals surface area contributed by atoms with Gasteiger partial charge in [0.1, 0.15) is 12.4 Å². The number of amides is 1. The van der Waals surface area contributed by atoms with Gasteiger partial charge in [0.15, 0.2) is 12.4 Å². The van der Waals surface area contributed by atoms with Gasteiger partial charge in [-0.05, 0) is 36.8 Å². The van der Waals surface area contributed by atoms with E-state index in [-0.39, 0.29) is 23.1 Å². The highest BCUT2D eigenvalue weighted by Crippen LogP contribution is 2.29. The summed E-state index contributed by atoms with van der Waals surface area (Å²) in [4.78, 5) is 22.1.